The van der Waals surface area contributed by atoms with E-state index >= 15 is 0 Å². The van der Waals surface area contributed by atoms with Gasteiger partial charge in [0.25, 0.3) is 0 Å². The number of hydrogen-bond acceptors (Lipinski definition) is 2. The fourth-order valence-corrected chi connectivity index (χ4v) is 4.61. The maximum atomic E-state index is 6.41. The summed E-state index contributed by atoms with van der Waals surface area (Å²) in [4.78, 5) is 0. The minimum absolute atomic E-state index is 0.847. The molecule has 0 spiro atoms. The zero-order chi connectivity index (χ0) is 16.4. The van der Waals surface area contributed by atoms with E-state index in [1.54, 1.807) is 0 Å². The molecule has 2 aromatic rings. The Kier molecular flexibility index (Phi) is 5.45. The molecule has 116 valence electrons. The highest BCUT2D eigenvalue weighted by molar-refractivity contribution is 7.00. The molecule has 0 fully saturated rings. The molecule has 22 heavy (non-hydrogen) atoms. The molecule has 0 aliphatic carbocycles. The van der Waals surface area contributed by atoms with E-state index in [4.69, 9.17) is 17.6 Å². The molecule has 2 rings (SSSR count). The molecule has 0 amide bonds. The summed E-state index contributed by atoms with van der Waals surface area (Å²) < 4.78 is 11.9. The monoisotopic (exact) mass is 332 g/mol. The predicted octanol–water partition coefficient (Wildman–Crippen LogP) is 5.22. The topological polar surface area (TPSA) is 18.5 Å². The average molecular weight is 333 g/mol. The summed E-state index contributed by atoms with van der Waals surface area (Å²) in [7, 11) is 6.41. The Hall–Kier alpha value is -1.14. The van der Waals surface area contributed by atoms with E-state index in [1.165, 1.54) is 11.1 Å². The van der Waals surface area contributed by atoms with Crippen molar-refractivity contribution in [2.45, 2.75) is 41.5 Å². The quantitative estimate of drug-likeness (QED) is 0.715. The van der Waals surface area contributed by atoms with Crippen molar-refractivity contribution < 1.29 is 7.58 Å². The summed E-state index contributed by atoms with van der Waals surface area (Å²) in [6, 6.07) is 8.40. The zero-order valence-electron chi connectivity index (χ0n) is 14.1. The SMILES string of the molecule is Cc1cc(C)c([O][Al]([Cl])[O]c2c(C)cc(C)cc2C)c(C)c1. The third kappa shape index (κ3) is 3.98. The van der Waals surface area contributed by atoms with Crippen molar-refractivity contribution in [3.63, 3.8) is 0 Å². The molecule has 0 saturated heterocycles. The van der Waals surface area contributed by atoms with Crippen molar-refractivity contribution in [1.29, 1.82) is 0 Å². The number of rotatable bonds is 4. The van der Waals surface area contributed by atoms with Gasteiger partial charge in [0, 0.05) is 0 Å². The Balaban J connectivity index is 2.19. The van der Waals surface area contributed by atoms with Crippen LogP contribution in [0.4, 0.5) is 0 Å². The van der Waals surface area contributed by atoms with Gasteiger partial charge in [0.15, 0.2) is 0 Å². The van der Waals surface area contributed by atoms with E-state index in [0.29, 0.717) is 0 Å². The summed E-state index contributed by atoms with van der Waals surface area (Å²) >= 11 is -2.33. The lowest BCUT2D eigenvalue weighted by Gasteiger charge is -2.19. The van der Waals surface area contributed by atoms with Crippen molar-refractivity contribution in [2.24, 2.45) is 0 Å². The second-order valence-corrected chi connectivity index (χ2v) is 8.06. The third-order valence-electron chi connectivity index (χ3n) is 3.63. The molecular weight excluding hydrogens is 311 g/mol. The van der Waals surface area contributed by atoms with Crippen LogP contribution in [0.3, 0.4) is 0 Å². The highest BCUT2D eigenvalue weighted by Gasteiger charge is 2.33. The molecule has 0 aliphatic rings. The van der Waals surface area contributed by atoms with Crippen LogP contribution in [0.25, 0.3) is 0 Å². The first-order valence-electron chi connectivity index (χ1n) is 7.41. The van der Waals surface area contributed by atoms with Crippen molar-refractivity contribution in [1.82, 2.24) is 0 Å². The van der Waals surface area contributed by atoms with E-state index in [-0.39, 0.29) is 0 Å². The maximum Gasteiger partial charge on any atom is 0.999 e. The van der Waals surface area contributed by atoms with Crippen molar-refractivity contribution in [3.05, 3.63) is 57.6 Å². The van der Waals surface area contributed by atoms with E-state index in [9.17, 15) is 0 Å². The minimum Gasteiger partial charge on any atom is -0.599 e. The number of benzene rings is 2. The predicted molar refractivity (Wildman–Crippen MR) is 94.2 cm³/mol. The van der Waals surface area contributed by atoms with E-state index in [0.717, 1.165) is 33.8 Å². The molecule has 0 heterocycles. The molecule has 0 atom stereocenters. The molecule has 0 saturated carbocycles. The Morgan fingerprint density at radius 1 is 0.636 bits per heavy atom. The van der Waals surface area contributed by atoms with Crippen molar-refractivity contribution in [2.75, 3.05) is 0 Å². The molecule has 0 radical (unpaired) electrons. The fraction of sp³-hybridized carbons (Fsp3) is 0.333. The van der Waals surface area contributed by atoms with Crippen LogP contribution < -0.4 is 7.58 Å². The number of aryl methyl sites for hydroxylation is 6. The first kappa shape index (κ1) is 17.2. The van der Waals surface area contributed by atoms with Crippen LogP contribution in [0.1, 0.15) is 33.4 Å². The van der Waals surface area contributed by atoms with Gasteiger partial charge >= 0.3 is 13.9 Å². The second-order valence-electron chi connectivity index (χ2n) is 5.97. The van der Waals surface area contributed by atoms with Crippen LogP contribution in [0.5, 0.6) is 11.5 Å². The molecule has 0 aliphatic heterocycles. The van der Waals surface area contributed by atoms with Gasteiger partial charge in [-0.2, -0.15) is 10.0 Å². The molecule has 4 heteroatoms. The van der Waals surface area contributed by atoms with Crippen LogP contribution in [-0.4, -0.2) is 13.9 Å². The number of halogens is 1. The minimum atomic E-state index is -2.33. The Morgan fingerprint density at radius 2 is 0.909 bits per heavy atom. The van der Waals surface area contributed by atoms with Crippen LogP contribution in [0.2, 0.25) is 0 Å². The van der Waals surface area contributed by atoms with Gasteiger partial charge in [-0.1, -0.05) is 35.4 Å². The second kappa shape index (κ2) is 6.96. The lowest BCUT2D eigenvalue weighted by molar-refractivity contribution is 0.440. The van der Waals surface area contributed by atoms with Gasteiger partial charge in [0.05, 0.1) is 11.5 Å². The zero-order valence-corrected chi connectivity index (χ0v) is 16.0. The summed E-state index contributed by atoms with van der Waals surface area (Å²) in [6.45, 7) is 12.3. The summed E-state index contributed by atoms with van der Waals surface area (Å²) in [5.41, 5.74) is 6.82. The standard InChI is InChI=1S/2C9H12O.Al.ClH/c2*1-6-4-7(2)9(10)8(3)5-6;;/h2*4-5,10H,1-3H3;;1H/q;;+3;/p-3. The summed E-state index contributed by atoms with van der Waals surface area (Å²) in [6.07, 6.45) is 0. The molecule has 0 aromatic heterocycles. The first-order chi connectivity index (χ1) is 10.3. The average Bonchev–Trinajstić information content (AvgIpc) is 2.38. The molecule has 0 N–H and O–H groups in total. The van der Waals surface area contributed by atoms with Crippen LogP contribution in [-0.2, 0) is 0 Å². The van der Waals surface area contributed by atoms with E-state index in [2.05, 4.69) is 38.1 Å². The van der Waals surface area contributed by atoms with Crippen LogP contribution >= 0.6 is 10.0 Å². The molecule has 2 nitrogen and oxygen atoms in total. The maximum absolute atomic E-state index is 6.41. The van der Waals surface area contributed by atoms with Gasteiger partial charge < -0.3 is 7.58 Å². The van der Waals surface area contributed by atoms with Crippen LogP contribution in [0.15, 0.2) is 24.3 Å². The Labute approximate surface area is 142 Å². The van der Waals surface area contributed by atoms with Gasteiger partial charge in [-0.3, -0.25) is 0 Å². The van der Waals surface area contributed by atoms with Crippen LogP contribution in [0, 0.1) is 41.5 Å². The number of hydrogen-bond donors (Lipinski definition) is 0. The van der Waals surface area contributed by atoms with Gasteiger partial charge in [-0.25, -0.2) is 0 Å². The molecule has 0 bridgehead atoms. The van der Waals surface area contributed by atoms with Crippen molar-refractivity contribution in [3.8, 4) is 11.5 Å². The smallest absolute Gasteiger partial charge is 0.599 e. The summed E-state index contributed by atoms with van der Waals surface area (Å²) in [5.74, 6) is 1.69. The van der Waals surface area contributed by atoms with Gasteiger partial charge in [0.2, 0.25) is 0 Å². The van der Waals surface area contributed by atoms with E-state index < -0.39 is 13.9 Å². The summed E-state index contributed by atoms with van der Waals surface area (Å²) in [5, 5.41) is 0. The molecular formula is C18H22AlClO2. The highest BCUT2D eigenvalue weighted by Crippen LogP contribution is 2.29. The van der Waals surface area contributed by atoms with E-state index in [1.807, 2.05) is 27.7 Å². The van der Waals surface area contributed by atoms with Gasteiger partial charge in [-0.15, -0.1) is 0 Å². The normalized spacial score (nSPS) is 10.5. The van der Waals surface area contributed by atoms with Gasteiger partial charge in [0.1, 0.15) is 0 Å². The largest absolute Gasteiger partial charge is 0.999 e. The molecule has 0 unspecified atom stereocenters. The third-order valence-corrected chi connectivity index (χ3v) is 5.01. The Bertz CT molecular complexity index is 592. The lowest BCUT2D eigenvalue weighted by atomic mass is 10.1. The van der Waals surface area contributed by atoms with Crippen molar-refractivity contribution >= 4 is 23.9 Å². The Morgan fingerprint density at radius 3 is 1.18 bits per heavy atom. The molecule has 2 aromatic carbocycles. The highest BCUT2D eigenvalue weighted by atomic mass is 35.6. The lowest BCUT2D eigenvalue weighted by Crippen LogP contribution is -2.25. The first-order valence-corrected chi connectivity index (χ1v) is 10.1. The van der Waals surface area contributed by atoms with Gasteiger partial charge in [-0.05, 0) is 63.8 Å². The fourth-order valence-electron chi connectivity index (χ4n) is 2.91.